The van der Waals surface area contributed by atoms with Crippen LogP contribution in [0.1, 0.15) is 5.56 Å². The second kappa shape index (κ2) is 7.80. The molecule has 138 valence electrons. The number of ether oxygens (including phenoxy) is 1. The van der Waals surface area contributed by atoms with Gasteiger partial charge in [0.15, 0.2) is 5.17 Å². The van der Waals surface area contributed by atoms with E-state index in [-0.39, 0.29) is 26.4 Å². The number of methoxy groups -OCH3 is 1. The van der Waals surface area contributed by atoms with Crippen molar-refractivity contribution in [2.45, 2.75) is 0 Å². The molecule has 8 nitrogen and oxygen atoms in total. The molecule has 0 spiro atoms. The van der Waals surface area contributed by atoms with Crippen molar-refractivity contribution in [2.75, 3.05) is 7.11 Å². The fraction of sp³-hybridized carbons (Fsp3) is 0.0588. The number of aromatic hydroxyl groups is 1. The molecule has 27 heavy (non-hydrogen) atoms. The summed E-state index contributed by atoms with van der Waals surface area (Å²) < 4.78 is 5.39. The quantitative estimate of drug-likeness (QED) is 0.414. The van der Waals surface area contributed by atoms with Crippen LogP contribution < -0.4 is 10.1 Å². The molecular formula is C17H12BrN3O5S. The monoisotopic (exact) mass is 449 g/mol. The van der Waals surface area contributed by atoms with Crippen LogP contribution in [-0.4, -0.2) is 28.2 Å². The van der Waals surface area contributed by atoms with Crippen LogP contribution in [0.3, 0.4) is 0 Å². The Morgan fingerprint density at radius 3 is 2.81 bits per heavy atom. The number of nitrogens with one attached hydrogen (secondary N) is 1. The van der Waals surface area contributed by atoms with Crippen molar-refractivity contribution in [1.82, 2.24) is 5.32 Å². The number of non-ortho nitro benzene ring substituents is 1. The van der Waals surface area contributed by atoms with Crippen LogP contribution in [0.2, 0.25) is 0 Å². The first kappa shape index (κ1) is 18.9. The third-order valence-electron chi connectivity index (χ3n) is 3.53. The predicted octanol–water partition coefficient (Wildman–Crippen LogP) is 3.96. The Hall–Kier alpha value is -2.85. The summed E-state index contributed by atoms with van der Waals surface area (Å²) in [6.07, 6.45) is 1.37. The minimum Gasteiger partial charge on any atom is -0.506 e. The van der Waals surface area contributed by atoms with Gasteiger partial charge in [-0.3, -0.25) is 14.9 Å². The lowest BCUT2D eigenvalue weighted by atomic mass is 10.1. The molecule has 0 aliphatic carbocycles. The Kier molecular flexibility index (Phi) is 5.47. The highest BCUT2D eigenvalue weighted by Crippen LogP contribution is 2.37. The lowest BCUT2D eigenvalue weighted by molar-refractivity contribution is -0.385. The minimum absolute atomic E-state index is 0.146. The van der Waals surface area contributed by atoms with Crippen LogP contribution in [-0.2, 0) is 4.79 Å². The van der Waals surface area contributed by atoms with Gasteiger partial charge >= 0.3 is 0 Å². The highest BCUT2D eigenvalue weighted by molar-refractivity contribution is 9.10. The first-order valence-corrected chi connectivity index (χ1v) is 9.09. The van der Waals surface area contributed by atoms with E-state index in [1.807, 2.05) is 0 Å². The molecule has 0 atom stereocenters. The zero-order valence-electron chi connectivity index (χ0n) is 13.8. The lowest BCUT2D eigenvalue weighted by Crippen LogP contribution is -2.19. The Morgan fingerprint density at radius 2 is 2.11 bits per heavy atom. The summed E-state index contributed by atoms with van der Waals surface area (Å²) in [4.78, 5) is 27.2. The van der Waals surface area contributed by atoms with Gasteiger partial charge in [-0.05, 0) is 45.9 Å². The number of benzene rings is 2. The second-order valence-electron chi connectivity index (χ2n) is 5.28. The zero-order chi connectivity index (χ0) is 19.6. The first-order valence-electron chi connectivity index (χ1n) is 7.48. The number of hydrogen-bond acceptors (Lipinski definition) is 7. The van der Waals surface area contributed by atoms with Crippen molar-refractivity contribution in [3.05, 3.63) is 61.5 Å². The van der Waals surface area contributed by atoms with Crippen LogP contribution in [0.15, 0.2) is 50.8 Å². The largest absolute Gasteiger partial charge is 0.506 e. The number of hydrogen-bond donors (Lipinski definition) is 2. The number of phenols is 1. The van der Waals surface area contributed by atoms with E-state index in [1.54, 1.807) is 24.3 Å². The summed E-state index contributed by atoms with van der Waals surface area (Å²) in [6, 6.07) is 9.46. The number of thioether (sulfide) groups is 1. The molecule has 1 aliphatic rings. The molecule has 2 aromatic carbocycles. The fourth-order valence-electron chi connectivity index (χ4n) is 2.27. The van der Waals surface area contributed by atoms with Gasteiger partial charge in [-0.2, -0.15) is 0 Å². The van der Waals surface area contributed by atoms with Crippen LogP contribution >= 0.6 is 27.7 Å². The number of rotatable bonds is 4. The first-order chi connectivity index (χ1) is 12.9. The zero-order valence-corrected chi connectivity index (χ0v) is 16.2. The van der Waals surface area contributed by atoms with E-state index in [2.05, 4.69) is 26.2 Å². The number of carbonyl (C=O) groups is 1. The van der Waals surface area contributed by atoms with E-state index in [4.69, 9.17) is 4.74 Å². The third-order valence-corrected chi connectivity index (χ3v) is 5.05. The minimum atomic E-state index is -0.581. The van der Waals surface area contributed by atoms with Crippen molar-refractivity contribution in [2.24, 2.45) is 4.99 Å². The smallest absolute Gasteiger partial charge is 0.271 e. The average molecular weight is 450 g/mol. The number of amides is 1. The molecule has 0 unspecified atom stereocenters. The Morgan fingerprint density at radius 1 is 1.37 bits per heavy atom. The van der Waals surface area contributed by atoms with Crippen molar-refractivity contribution >= 4 is 56.2 Å². The van der Waals surface area contributed by atoms with E-state index in [0.29, 0.717) is 16.6 Å². The normalized spacial score (nSPS) is 16.6. The standard InChI is InChI=1S/C17H12BrN3O5S/c1-26-13-5-3-2-4-12(13)19-17-20-16(23)14(27-17)7-9-6-10(21(24)25)8-11(18)15(9)22/h2-8,22H,1H3,(H,19,20,23)/b14-7-. The fourth-order valence-corrected chi connectivity index (χ4v) is 3.56. The summed E-state index contributed by atoms with van der Waals surface area (Å²) in [7, 11) is 1.52. The number of carbonyl (C=O) groups excluding carboxylic acids is 1. The van der Waals surface area contributed by atoms with Crippen LogP contribution in [0.4, 0.5) is 11.4 Å². The molecular weight excluding hydrogens is 438 g/mol. The van der Waals surface area contributed by atoms with Crippen molar-refractivity contribution in [3.63, 3.8) is 0 Å². The molecule has 2 N–H and O–H groups in total. The van der Waals surface area contributed by atoms with Gasteiger partial charge in [-0.1, -0.05) is 12.1 Å². The Bertz CT molecular complexity index is 1010. The van der Waals surface area contributed by atoms with E-state index in [9.17, 15) is 20.0 Å². The lowest BCUT2D eigenvalue weighted by Gasteiger charge is -2.03. The van der Waals surface area contributed by atoms with Gasteiger partial charge < -0.3 is 15.2 Å². The number of nitro groups is 1. The molecule has 2 aromatic rings. The van der Waals surface area contributed by atoms with Crippen molar-refractivity contribution < 1.29 is 19.6 Å². The third kappa shape index (κ3) is 4.12. The molecule has 1 aliphatic heterocycles. The Labute approximate surface area is 166 Å². The predicted molar refractivity (Wildman–Crippen MR) is 106 cm³/mol. The van der Waals surface area contributed by atoms with Crippen molar-refractivity contribution in [3.8, 4) is 11.5 Å². The number of halogens is 1. The molecule has 10 heteroatoms. The molecule has 0 bridgehead atoms. The maximum atomic E-state index is 12.2. The van der Waals surface area contributed by atoms with Gasteiger partial charge in [0.05, 0.1) is 21.4 Å². The number of nitro benzene ring substituents is 1. The maximum Gasteiger partial charge on any atom is 0.271 e. The van der Waals surface area contributed by atoms with Crippen LogP contribution in [0.5, 0.6) is 11.5 Å². The Balaban J connectivity index is 1.94. The van der Waals surface area contributed by atoms with E-state index < -0.39 is 10.8 Å². The molecule has 1 saturated heterocycles. The topological polar surface area (TPSA) is 114 Å². The molecule has 1 amide bonds. The second-order valence-corrected chi connectivity index (χ2v) is 7.16. The number of amidine groups is 1. The molecule has 0 saturated carbocycles. The van der Waals surface area contributed by atoms with Crippen molar-refractivity contribution in [1.29, 1.82) is 0 Å². The van der Waals surface area contributed by atoms with Gasteiger partial charge in [0, 0.05) is 17.7 Å². The SMILES string of the molecule is COc1ccccc1N=C1NC(=O)/C(=C/c2cc([N+](=O)[O-])cc(Br)c2O)S1. The van der Waals surface area contributed by atoms with E-state index in [1.165, 1.54) is 25.3 Å². The average Bonchev–Trinajstić information content (AvgIpc) is 2.98. The van der Waals surface area contributed by atoms with Gasteiger partial charge in [0.25, 0.3) is 11.6 Å². The van der Waals surface area contributed by atoms with Gasteiger partial charge in [-0.25, -0.2) is 4.99 Å². The van der Waals surface area contributed by atoms with E-state index >= 15 is 0 Å². The highest BCUT2D eigenvalue weighted by Gasteiger charge is 2.25. The summed E-state index contributed by atoms with van der Waals surface area (Å²) in [6.45, 7) is 0. The number of aliphatic imine (C=N–C) groups is 1. The number of nitrogens with zero attached hydrogens (tertiary/aromatic N) is 2. The van der Waals surface area contributed by atoms with Gasteiger partial charge in [-0.15, -0.1) is 0 Å². The van der Waals surface area contributed by atoms with Crippen LogP contribution in [0, 0.1) is 10.1 Å². The molecule has 1 fully saturated rings. The highest BCUT2D eigenvalue weighted by atomic mass is 79.9. The maximum absolute atomic E-state index is 12.2. The summed E-state index contributed by atoms with van der Waals surface area (Å²) in [5, 5.41) is 24.1. The van der Waals surface area contributed by atoms with Gasteiger partial charge in [0.2, 0.25) is 0 Å². The summed E-state index contributed by atoms with van der Waals surface area (Å²) in [5.74, 6) is -0.0650. The molecule has 3 rings (SSSR count). The van der Waals surface area contributed by atoms with Crippen LogP contribution in [0.25, 0.3) is 6.08 Å². The number of phenolic OH excluding ortho intramolecular Hbond substituents is 1. The van der Waals surface area contributed by atoms with E-state index in [0.717, 1.165) is 11.8 Å². The molecule has 0 radical (unpaired) electrons. The summed E-state index contributed by atoms with van der Waals surface area (Å²) in [5.41, 5.74) is 0.482. The summed E-state index contributed by atoms with van der Waals surface area (Å²) >= 11 is 4.13. The molecule has 1 heterocycles. The number of para-hydroxylation sites is 2. The van der Waals surface area contributed by atoms with Gasteiger partial charge in [0.1, 0.15) is 17.2 Å². The molecule has 0 aromatic heterocycles.